The van der Waals surface area contributed by atoms with Gasteiger partial charge in [-0.15, -0.1) is 0 Å². The van der Waals surface area contributed by atoms with Gasteiger partial charge in [-0.2, -0.15) is 18.3 Å². The van der Waals surface area contributed by atoms with E-state index in [1.807, 2.05) is 30.3 Å². The minimum Gasteiger partial charge on any atom is -0.239 e. The van der Waals surface area contributed by atoms with E-state index in [1.54, 1.807) is 23.0 Å². The fraction of sp³-hybridized carbons (Fsp3) is 0.0870. The van der Waals surface area contributed by atoms with E-state index in [-0.39, 0.29) is 4.90 Å². The van der Waals surface area contributed by atoms with Crippen molar-refractivity contribution in [2.24, 2.45) is 0 Å². The second kappa shape index (κ2) is 8.48. The van der Waals surface area contributed by atoms with Crippen molar-refractivity contribution in [3.63, 3.8) is 0 Å². The molecule has 9 heteroatoms. The number of benzene rings is 3. The molecule has 0 unspecified atom stereocenters. The number of hydrogen-bond acceptors (Lipinski definition) is 4. The fourth-order valence-corrected chi connectivity index (χ4v) is 4.61. The Morgan fingerprint density at radius 3 is 2.06 bits per heavy atom. The smallest absolute Gasteiger partial charge is 0.239 e. The van der Waals surface area contributed by atoms with Crippen molar-refractivity contribution in [1.82, 2.24) is 9.78 Å². The molecule has 1 aromatic heterocycles. The number of nitrogens with zero attached hydrogens (tertiary/aromatic N) is 2. The normalized spacial score (nSPS) is 12.1. The molecule has 0 atom stereocenters. The molecule has 4 aromatic rings. The summed E-state index contributed by atoms with van der Waals surface area (Å²) in [6.45, 7) is 0. The fourth-order valence-electron chi connectivity index (χ4n) is 3.04. The lowest BCUT2D eigenvalue weighted by molar-refractivity contribution is -0.137. The molecule has 0 bridgehead atoms. The summed E-state index contributed by atoms with van der Waals surface area (Å²) >= 11 is 1.28. The number of hydrogen-bond donors (Lipinski definition) is 0. The lowest BCUT2D eigenvalue weighted by Gasteiger charge is -2.07. The van der Waals surface area contributed by atoms with Crippen LogP contribution >= 0.6 is 11.8 Å². The van der Waals surface area contributed by atoms with Gasteiger partial charge in [0.1, 0.15) is 5.69 Å². The number of alkyl halides is 3. The summed E-state index contributed by atoms with van der Waals surface area (Å²) in [7, 11) is -3.34. The third kappa shape index (κ3) is 4.89. The van der Waals surface area contributed by atoms with Crippen LogP contribution < -0.4 is 0 Å². The van der Waals surface area contributed by atoms with E-state index < -0.39 is 21.6 Å². The van der Waals surface area contributed by atoms with Crippen LogP contribution in [-0.2, 0) is 16.0 Å². The van der Waals surface area contributed by atoms with Crippen LogP contribution in [0.2, 0.25) is 0 Å². The number of aromatic nitrogens is 2. The maximum atomic E-state index is 12.9. The van der Waals surface area contributed by atoms with Gasteiger partial charge < -0.3 is 0 Å². The minimum atomic E-state index is -4.39. The van der Waals surface area contributed by atoms with E-state index >= 15 is 0 Å². The molecule has 0 spiro atoms. The van der Waals surface area contributed by atoms with Crippen molar-refractivity contribution < 1.29 is 21.6 Å². The molecule has 164 valence electrons. The third-order valence-electron chi connectivity index (χ3n) is 4.67. The Balaban J connectivity index is 1.74. The number of para-hydroxylation sites is 1. The average molecular weight is 475 g/mol. The van der Waals surface area contributed by atoms with Gasteiger partial charge >= 0.3 is 6.18 Å². The zero-order chi connectivity index (χ0) is 22.9. The van der Waals surface area contributed by atoms with Crippen molar-refractivity contribution >= 4 is 21.6 Å². The first-order valence-electron chi connectivity index (χ1n) is 9.42. The monoisotopic (exact) mass is 474 g/mol. The summed E-state index contributed by atoms with van der Waals surface area (Å²) < 4.78 is 63.9. The molecule has 0 amide bonds. The van der Waals surface area contributed by atoms with Gasteiger partial charge in [0.05, 0.1) is 21.0 Å². The van der Waals surface area contributed by atoms with Gasteiger partial charge in [-0.1, -0.05) is 42.1 Å². The zero-order valence-corrected chi connectivity index (χ0v) is 18.4. The van der Waals surface area contributed by atoms with Crippen LogP contribution in [-0.4, -0.2) is 24.5 Å². The lowest BCUT2D eigenvalue weighted by Crippen LogP contribution is -2.03. The van der Waals surface area contributed by atoms with Crippen molar-refractivity contribution in [1.29, 1.82) is 0 Å². The average Bonchev–Trinajstić information content (AvgIpc) is 3.17. The summed E-state index contributed by atoms with van der Waals surface area (Å²) in [6.07, 6.45) is -1.45. The Morgan fingerprint density at radius 1 is 0.875 bits per heavy atom. The van der Waals surface area contributed by atoms with Crippen LogP contribution in [0.1, 0.15) is 5.56 Å². The third-order valence-corrected chi connectivity index (χ3v) is 6.82. The van der Waals surface area contributed by atoms with Crippen LogP contribution in [0.15, 0.2) is 99.7 Å². The molecule has 0 saturated heterocycles. The summed E-state index contributed by atoms with van der Waals surface area (Å²) in [6, 6.07) is 20.7. The zero-order valence-electron chi connectivity index (χ0n) is 16.7. The molecular weight excluding hydrogens is 457 g/mol. The summed E-state index contributed by atoms with van der Waals surface area (Å²) in [5, 5.41) is 4.66. The van der Waals surface area contributed by atoms with Crippen molar-refractivity contribution in [3.05, 3.63) is 90.6 Å². The maximum Gasteiger partial charge on any atom is 0.416 e. The van der Waals surface area contributed by atoms with Crippen LogP contribution in [0.3, 0.4) is 0 Å². The highest BCUT2D eigenvalue weighted by atomic mass is 32.2. The second-order valence-corrected chi connectivity index (χ2v) is 10.2. The van der Waals surface area contributed by atoms with E-state index in [9.17, 15) is 21.6 Å². The Bertz CT molecular complexity index is 1330. The summed E-state index contributed by atoms with van der Waals surface area (Å²) in [5.41, 5.74) is 1.40. The predicted octanol–water partition coefficient (Wildman–Crippen LogP) is 6.11. The Morgan fingerprint density at radius 2 is 1.50 bits per heavy atom. The van der Waals surface area contributed by atoms with E-state index in [2.05, 4.69) is 5.10 Å². The van der Waals surface area contributed by atoms with Gasteiger partial charge in [0.2, 0.25) is 0 Å². The molecule has 0 fully saturated rings. The molecule has 0 aliphatic heterocycles. The van der Waals surface area contributed by atoms with Crippen LogP contribution in [0, 0.1) is 0 Å². The van der Waals surface area contributed by atoms with Crippen LogP contribution in [0.4, 0.5) is 13.2 Å². The molecule has 4 nitrogen and oxygen atoms in total. The largest absolute Gasteiger partial charge is 0.416 e. The van der Waals surface area contributed by atoms with Crippen LogP contribution in [0.25, 0.3) is 16.9 Å². The molecular formula is C23H17F3N2O2S2. The maximum absolute atomic E-state index is 12.9. The number of rotatable bonds is 5. The Labute approximate surface area is 187 Å². The Hall–Kier alpha value is -3.04. The van der Waals surface area contributed by atoms with Gasteiger partial charge in [0, 0.05) is 22.9 Å². The van der Waals surface area contributed by atoms with E-state index in [4.69, 9.17) is 0 Å². The predicted molar refractivity (Wildman–Crippen MR) is 118 cm³/mol. The molecule has 32 heavy (non-hydrogen) atoms. The molecule has 4 rings (SSSR count). The van der Waals surface area contributed by atoms with E-state index in [0.29, 0.717) is 16.2 Å². The molecule has 0 radical (unpaired) electrons. The first-order chi connectivity index (χ1) is 15.1. The van der Waals surface area contributed by atoms with E-state index in [1.165, 1.54) is 36.0 Å². The Kier molecular flexibility index (Phi) is 5.87. The van der Waals surface area contributed by atoms with Crippen LogP contribution in [0.5, 0.6) is 0 Å². The summed E-state index contributed by atoms with van der Waals surface area (Å²) in [5.74, 6) is 0. The first kappa shape index (κ1) is 22.2. The molecule has 1 heterocycles. The molecule has 0 N–H and O–H groups in total. The quantitative estimate of drug-likeness (QED) is 0.350. The summed E-state index contributed by atoms with van der Waals surface area (Å²) in [4.78, 5) is 1.54. The van der Waals surface area contributed by atoms with Crippen molar-refractivity contribution in [2.45, 2.75) is 20.9 Å². The second-order valence-electron chi connectivity index (χ2n) is 7.04. The number of sulfone groups is 1. The van der Waals surface area contributed by atoms with Crippen molar-refractivity contribution in [3.8, 4) is 16.9 Å². The molecule has 0 aliphatic rings. The topological polar surface area (TPSA) is 52.0 Å². The molecule has 0 aliphatic carbocycles. The highest BCUT2D eigenvalue weighted by molar-refractivity contribution is 7.99. The van der Waals surface area contributed by atoms with Crippen molar-refractivity contribution in [2.75, 3.05) is 6.26 Å². The minimum absolute atomic E-state index is 0.195. The van der Waals surface area contributed by atoms with Gasteiger partial charge in [-0.3, -0.25) is 0 Å². The highest BCUT2D eigenvalue weighted by Gasteiger charge is 2.30. The first-order valence-corrected chi connectivity index (χ1v) is 12.1. The molecule has 3 aromatic carbocycles. The van der Waals surface area contributed by atoms with Gasteiger partial charge in [-0.25, -0.2) is 13.1 Å². The van der Waals surface area contributed by atoms with E-state index in [0.717, 1.165) is 29.0 Å². The molecule has 0 saturated carbocycles. The SMILES string of the molecule is CS(=O)(=O)c1ccc(-c2nn(-c3ccccc3)cc2Sc2ccc(C(F)(F)F)cc2)cc1. The highest BCUT2D eigenvalue weighted by Crippen LogP contribution is 2.38. The van der Waals surface area contributed by atoms with Gasteiger partial charge in [0.15, 0.2) is 9.84 Å². The van der Waals surface area contributed by atoms with Gasteiger partial charge in [-0.05, 0) is 48.5 Å². The standard InChI is InChI=1S/C23H17F3N2O2S2/c1-32(29,30)20-13-7-16(8-14-20)22-21(15-28(27-22)18-5-3-2-4-6-18)31-19-11-9-17(10-12-19)23(24,25)26/h2-15H,1H3. The number of halogens is 3. The lowest BCUT2D eigenvalue weighted by atomic mass is 10.2. The van der Waals surface area contributed by atoms with Gasteiger partial charge in [0.25, 0.3) is 0 Å².